The first kappa shape index (κ1) is 15.7. The molecule has 0 aliphatic carbocycles. The van der Waals surface area contributed by atoms with Crippen molar-refractivity contribution >= 4 is 5.91 Å². The fraction of sp³-hybridized carbons (Fsp3) is 0.444. The van der Waals surface area contributed by atoms with E-state index in [2.05, 4.69) is 17.1 Å². The zero-order valence-electron chi connectivity index (χ0n) is 13.4. The first-order chi connectivity index (χ1) is 11.0. The molecule has 23 heavy (non-hydrogen) atoms. The average Bonchev–Trinajstić information content (AvgIpc) is 3.03. The minimum atomic E-state index is -0.734. The van der Waals surface area contributed by atoms with Gasteiger partial charge in [0, 0.05) is 31.4 Å². The summed E-state index contributed by atoms with van der Waals surface area (Å²) in [5.74, 6) is 0.127. The highest BCUT2D eigenvalue weighted by molar-refractivity contribution is 5.76. The normalized spacial score (nSPS) is 24.6. The van der Waals surface area contributed by atoms with Gasteiger partial charge in [-0.25, -0.2) is 4.98 Å². The number of piperidine rings is 1. The predicted octanol–water partition coefficient (Wildman–Crippen LogP) is 1.73. The highest BCUT2D eigenvalue weighted by Gasteiger charge is 2.38. The van der Waals surface area contributed by atoms with Crippen LogP contribution in [0.3, 0.4) is 0 Å². The summed E-state index contributed by atoms with van der Waals surface area (Å²) in [6.07, 6.45) is 6.51. The fourth-order valence-electron chi connectivity index (χ4n) is 3.17. The van der Waals surface area contributed by atoms with Gasteiger partial charge in [0.15, 0.2) is 0 Å². The van der Waals surface area contributed by atoms with Crippen LogP contribution in [0.1, 0.15) is 18.9 Å². The molecule has 3 rings (SSSR count). The molecule has 1 aromatic heterocycles. The van der Waals surface area contributed by atoms with E-state index in [1.54, 1.807) is 23.3 Å². The standard InChI is InChI=1S/C18H23N3O2/c1-18(23)7-9-21(17(22)13-20-10-8-19-14-20)12-16(18)11-15-5-3-2-4-6-15/h2-6,8,10,14,16,23H,7,9,11-13H2,1H3/t16-,18+/m0/s1. The number of imidazole rings is 1. The molecule has 2 heterocycles. The van der Waals surface area contributed by atoms with Gasteiger partial charge in [-0.2, -0.15) is 0 Å². The molecule has 1 aliphatic rings. The van der Waals surface area contributed by atoms with Gasteiger partial charge in [-0.1, -0.05) is 30.3 Å². The second-order valence-electron chi connectivity index (χ2n) is 6.57. The smallest absolute Gasteiger partial charge is 0.242 e. The molecule has 0 radical (unpaired) electrons. The number of amides is 1. The zero-order valence-corrected chi connectivity index (χ0v) is 13.4. The zero-order chi connectivity index (χ0) is 16.3. The molecule has 2 atom stereocenters. The molecule has 1 amide bonds. The Balaban J connectivity index is 1.67. The number of benzene rings is 1. The van der Waals surface area contributed by atoms with Crippen molar-refractivity contribution in [3.05, 3.63) is 54.6 Å². The van der Waals surface area contributed by atoms with Gasteiger partial charge in [0.2, 0.25) is 5.91 Å². The maximum Gasteiger partial charge on any atom is 0.242 e. The van der Waals surface area contributed by atoms with E-state index in [0.29, 0.717) is 26.1 Å². The Bertz CT molecular complexity index is 638. The maximum absolute atomic E-state index is 12.5. The summed E-state index contributed by atoms with van der Waals surface area (Å²) < 4.78 is 1.78. The van der Waals surface area contributed by atoms with Crippen LogP contribution in [0.2, 0.25) is 0 Å². The third-order valence-corrected chi connectivity index (χ3v) is 4.76. The van der Waals surface area contributed by atoms with Crippen LogP contribution in [0.5, 0.6) is 0 Å². The Labute approximate surface area is 136 Å². The number of aromatic nitrogens is 2. The van der Waals surface area contributed by atoms with Crippen LogP contribution in [0, 0.1) is 5.92 Å². The van der Waals surface area contributed by atoms with Crippen molar-refractivity contribution in [2.75, 3.05) is 13.1 Å². The van der Waals surface area contributed by atoms with E-state index < -0.39 is 5.60 Å². The van der Waals surface area contributed by atoms with Gasteiger partial charge in [0.1, 0.15) is 6.54 Å². The van der Waals surface area contributed by atoms with Gasteiger partial charge in [-0.05, 0) is 25.3 Å². The van der Waals surface area contributed by atoms with Crippen LogP contribution < -0.4 is 0 Å². The lowest BCUT2D eigenvalue weighted by Gasteiger charge is -2.43. The molecule has 0 spiro atoms. The molecule has 1 saturated heterocycles. The summed E-state index contributed by atoms with van der Waals surface area (Å²) in [7, 11) is 0. The van der Waals surface area contributed by atoms with Crippen molar-refractivity contribution in [1.82, 2.24) is 14.5 Å². The van der Waals surface area contributed by atoms with Crippen LogP contribution in [-0.4, -0.2) is 44.2 Å². The third-order valence-electron chi connectivity index (χ3n) is 4.76. The van der Waals surface area contributed by atoms with E-state index in [-0.39, 0.29) is 11.8 Å². The lowest BCUT2D eigenvalue weighted by atomic mass is 9.79. The minimum absolute atomic E-state index is 0.0467. The summed E-state index contributed by atoms with van der Waals surface area (Å²) in [5.41, 5.74) is 0.462. The highest BCUT2D eigenvalue weighted by atomic mass is 16.3. The summed E-state index contributed by atoms with van der Waals surface area (Å²) >= 11 is 0. The topological polar surface area (TPSA) is 58.4 Å². The second kappa shape index (κ2) is 6.54. The highest BCUT2D eigenvalue weighted by Crippen LogP contribution is 2.30. The van der Waals surface area contributed by atoms with Crippen molar-refractivity contribution in [1.29, 1.82) is 0 Å². The van der Waals surface area contributed by atoms with E-state index in [0.717, 1.165) is 6.42 Å². The van der Waals surface area contributed by atoms with Crippen molar-refractivity contribution < 1.29 is 9.90 Å². The second-order valence-corrected chi connectivity index (χ2v) is 6.57. The molecule has 2 aromatic rings. The van der Waals surface area contributed by atoms with Gasteiger partial charge in [-0.3, -0.25) is 4.79 Å². The molecule has 0 bridgehead atoms. The molecular formula is C18H23N3O2. The van der Waals surface area contributed by atoms with Crippen LogP contribution in [0.25, 0.3) is 0 Å². The number of aliphatic hydroxyl groups is 1. The first-order valence-corrected chi connectivity index (χ1v) is 8.04. The van der Waals surface area contributed by atoms with Crippen LogP contribution in [-0.2, 0) is 17.8 Å². The SMILES string of the molecule is C[C@@]1(O)CCN(C(=O)Cn2ccnc2)C[C@@H]1Cc1ccccc1. The minimum Gasteiger partial charge on any atom is -0.390 e. The monoisotopic (exact) mass is 313 g/mol. The number of hydrogen-bond acceptors (Lipinski definition) is 3. The van der Waals surface area contributed by atoms with Crippen molar-refractivity contribution in [2.45, 2.75) is 31.9 Å². The maximum atomic E-state index is 12.5. The predicted molar refractivity (Wildman–Crippen MR) is 87.7 cm³/mol. The van der Waals surface area contributed by atoms with Crippen LogP contribution in [0.4, 0.5) is 0 Å². The van der Waals surface area contributed by atoms with Crippen molar-refractivity contribution in [3.8, 4) is 0 Å². The molecule has 0 saturated carbocycles. The number of hydrogen-bond donors (Lipinski definition) is 1. The lowest BCUT2D eigenvalue weighted by molar-refractivity contribution is -0.139. The Morgan fingerprint density at radius 1 is 1.39 bits per heavy atom. The molecule has 1 aromatic carbocycles. The number of carbonyl (C=O) groups excluding carboxylic acids is 1. The summed E-state index contributed by atoms with van der Waals surface area (Å²) in [6.45, 7) is 3.39. The first-order valence-electron chi connectivity index (χ1n) is 8.04. The molecular weight excluding hydrogens is 290 g/mol. The molecule has 0 unspecified atom stereocenters. The average molecular weight is 313 g/mol. The van der Waals surface area contributed by atoms with Gasteiger partial charge >= 0.3 is 0 Å². The Hall–Kier alpha value is -2.14. The van der Waals surface area contributed by atoms with Crippen LogP contribution in [0.15, 0.2) is 49.1 Å². The van der Waals surface area contributed by atoms with Crippen molar-refractivity contribution in [2.24, 2.45) is 5.92 Å². The Kier molecular flexibility index (Phi) is 4.48. The summed E-state index contributed by atoms with van der Waals surface area (Å²) in [4.78, 5) is 18.3. The molecule has 1 aliphatic heterocycles. The van der Waals surface area contributed by atoms with E-state index >= 15 is 0 Å². The quantitative estimate of drug-likeness (QED) is 0.935. The molecule has 122 valence electrons. The van der Waals surface area contributed by atoms with E-state index in [1.807, 2.05) is 30.0 Å². The van der Waals surface area contributed by atoms with E-state index in [9.17, 15) is 9.90 Å². The largest absolute Gasteiger partial charge is 0.390 e. The van der Waals surface area contributed by atoms with E-state index in [4.69, 9.17) is 0 Å². The van der Waals surface area contributed by atoms with Gasteiger partial charge in [0.05, 0.1) is 11.9 Å². The Morgan fingerprint density at radius 2 is 2.17 bits per heavy atom. The number of likely N-dealkylation sites (tertiary alicyclic amines) is 1. The Morgan fingerprint density at radius 3 is 2.87 bits per heavy atom. The number of nitrogens with zero attached hydrogens (tertiary/aromatic N) is 3. The van der Waals surface area contributed by atoms with Crippen LogP contribution >= 0.6 is 0 Å². The van der Waals surface area contributed by atoms with Gasteiger partial charge < -0.3 is 14.6 Å². The lowest BCUT2D eigenvalue weighted by Crippen LogP contribution is -2.53. The van der Waals surface area contributed by atoms with Gasteiger partial charge in [-0.15, -0.1) is 0 Å². The number of rotatable bonds is 4. The van der Waals surface area contributed by atoms with Gasteiger partial charge in [0.25, 0.3) is 0 Å². The number of carbonyl (C=O) groups is 1. The van der Waals surface area contributed by atoms with Crippen molar-refractivity contribution in [3.63, 3.8) is 0 Å². The summed E-state index contributed by atoms with van der Waals surface area (Å²) in [5, 5.41) is 10.7. The summed E-state index contributed by atoms with van der Waals surface area (Å²) in [6, 6.07) is 10.2. The molecule has 5 nitrogen and oxygen atoms in total. The fourth-order valence-corrected chi connectivity index (χ4v) is 3.17. The molecule has 5 heteroatoms. The third kappa shape index (κ3) is 3.79. The van der Waals surface area contributed by atoms with E-state index in [1.165, 1.54) is 5.56 Å². The molecule has 1 fully saturated rings. The molecule has 1 N–H and O–H groups in total.